The predicted octanol–water partition coefficient (Wildman–Crippen LogP) is 3.52. The zero-order chi connectivity index (χ0) is 16.7. The lowest BCUT2D eigenvalue weighted by molar-refractivity contribution is 0.420. The van der Waals surface area contributed by atoms with Gasteiger partial charge in [-0.05, 0) is 24.3 Å². The standard InChI is InChI=1S/C18H15N3O2S/c1-23-16-9-11(18-20-14-6-7-19-10-15(14)21-18)8-13-12(16)4-3-5-17(13)24(2)22/h3-10H,1-2H3,(H,20,21). The Balaban J connectivity index is 2.01. The van der Waals surface area contributed by atoms with Crippen molar-refractivity contribution in [2.75, 3.05) is 13.4 Å². The number of nitrogens with one attached hydrogen (secondary N) is 1. The number of H-pyrrole nitrogens is 1. The van der Waals surface area contributed by atoms with Crippen LogP contribution in [0.2, 0.25) is 0 Å². The minimum atomic E-state index is -1.09. The van der Waals surface area contributed by atoms with Gasteiger partial charge >= 0.3 is 0 Å². The van der Waals surface area contributed by atoms with Gasteiger partial charge in [0.05, 0.1) is 35.1 Å². The Morgan fingerprint density at radius 2 is 2.04 bits per heavy atom. The first-order valence-electron chi connectivity index (χ1n) is 7.41. The highest BCUT2D eigenvalue weighted by molar-refractivity contribution is 7.84. The van der Waals surface area contributed by atoms with Gasteiger partial charge in [0.15, 0.2) is 0 Å². The lowest BCUT2D eigenvalue weighted by Crippen LogP contribution is -1.93. The molecule has 0 saturated heterocycles. The second-order valence-electron chi connectivity index (χ2n) is 5.46. The Labute approximate surface area is 141 Å². The molecule has 4 rings (SSSR count). The molecule has 1 unspecified atom stereocenters. The van der Waals surface area contributed by atoms with Crippen LogP contribution in [0, 0.1) is 0 Å². The van der Waals surface area contributed by atoms with Gasteiger partial charge < -0.3 is 9.72 Å². The molecule has 2 aromatic carbocycles. The van der Waals surface area contributed by atoms with Crippen molar-refractivity contribution in [3.05, 3.63) is 48.8 Å². The van der Waals surface area contributed by atoms with Gasteiger partial charge in [-0.15, -0.1) is 0 Å². The Morgan fingerprint density at radius 1 is 1.17 bits per heavy atom. The molecule has 0 spiro atoms. The number of rotatable bonds is 3. The van der Waals surface area contributed by atoms with E-state index in [1.807, 2.05) is 36.4 Å². The third-order valence-electron chi connectivity index (χ3n) is 4.00. The molecular weight excluding hydrogens is 322 g/mol. The normalized spacial score (nSPS) is 12.6. The highest BCUT2D eigenvalue weighted by atomic mass is 32.2. The second-order valence-corrected chi connectivity index (χ2v) is 6.81. The maximum absolute atomic E-state index is 12.1. The van der Waals surface area contributed by atoms with E-state index in [4.69, 9.17) is 4.74 Å². The molecule has 2 heterocycles. The fourth-order valence-corrected chi connectivity index (χ4v) is 3.62. The predicted molar refractivity (Wildman–Crippen MR) is 95.7 cm³/mol. The minimum absolute atomic E-state index is 0.730. The number of imidazole rings is 1. The van der Waals surface area contributed by atoms with Gasteiger partial charge in [0.2, 0.25) is 0 Å². The van der Waals surface area contributed by atoms with Crippen molar-refractivity contribution in [1.82, 2.24) is 15.0 Å². The molecule has 2 aromatic heterocycles. The van der Waals surface area contributed by atoms with Crippen LogP contribution >= 0.6 is 0 Å². The summed E-state index contributed by atoms with van der Waals surface area (Å²) in [5.41, 5.74) is 2.61. The van der Waals surface area contributed by atoms with E-state index in [2.05, 4.69) is 15.0 Å². The molecule has 1 N–H and O–H groups in total. The van der Waals surface area contributed by atoms with Gasteiger partial charge in [-0.2, -0.15) is 0 Å². The lowest BCUT2D eigenvalue weighted by Gasteiger charge is -2.10. The zero-order valence-electron chi connectivity index (χ0n) is 13.2. The number of pyridine rings is 1. The molecule has 24 heavy (non-hydrogen) atoms. The summed E-state index contributed by atoms with van der Waals surface area (Å²) in [5.74, 6) is 1.46. The molecule has 120 valence electrons. The van der Waals surface area contributed by atoms with E-state index in [0.29, 0.717) is 0 Å². The monoisotopic (exact) mass is 337 g/mol. The van der Waals surface area contributed by atoms with E-state index in [1.54, 1.807) is 25.8 Å². The van der Waals surface area contributed by atoms with Gasteiger partial charge in [0, 0.05) is 33.7 Å². The van der Waals surface area contributed by atoms with Crippen LogP contribution in [0.3, 0.4) is 0 Å². The van der Waals surface area contributed by atoms with Crippen molar-refractivity contribution in [1.29, 1.82) is 0 Å². The number of fused-ring (bicyclic) bond motifs is 2. The van der Waals surface area contributed by atoms with E-state index in [9.17, 15) is 4.21 Å². The average molecular weight is 337 g/mol. The zero-order valence-corrected chi connectivity index (χ0v) is 14.1. The number of ether oxygens (including phenoxy) is 1. The van der Waals surface area contributed by atoms with E-state index in [0.717, 1.165) is 43.8 Å². The Morgan fingerprint density at radius 3 is 2.79 bits per heavy atom. The molecule has 5 nitrogen and oxygen atoms in total. The molecule has 0 saturated carbocycles. The molecule has 0 amide bonds. The summed E-state index contributed by atoms with van der Waals surface area (Å²) in [6.45, 7) is 0. The first-order chi connectivity index (χ1) is 11.7. The fourth-order valence-electron chi connectivity index (χ4n) is 2.87. The van der Waals surface area contributed by atoms with Gasteiger partial charge in [-0.25, -0.2) is 4.98 Å². The number of methoxy groups -OCH3 is 1. The van der Waals surface area contributed by atoms with Crippen LogP contribution in [0.4, 0.5) is 0 Å². The summed E-state index contributed by atoms with van der Waals surface area (Å²) in [7, 11) is 0.546. The van der Waals surface area contributed by atoms with Crippen LogP contribution in [0.1, 0.15) is 0 Å². The SMILES string of the molecule is COc1cc(-c2nc3ccncc3[nH]2)cc2c(S(C)=O)cccc12. The van der Waals surface area contributed by atoms with Crippen LogP contribution in [0.5, 0.6) is 5.75 Å². The second kappa shape index (κ2) is 5.72. The number of benzene rings is 2. The van der Waals surface area contributed by atoms with E-state index < -0.39 is 10.8 Å². The topological polar surface area (TPSA) is 67.9 Å². The van der Waals surface area contributed by atoms with Gasteiger partial charge in [0.1, 0.15) is 11.6 Å². The van der Waals surface area contributed by atoms with Gasteiger partial charge in [-0.1, -0.05) is 12.1 Å². The summed E-state index contributed by atoms with van der Waals surface area (Å²) in [6.07, 6.45) is 5.14. The smallest absolute Gasteiger partial charge is 0.138 e. The number of aromatic nitrogens is 3. The third kappa shape index (κ3) is 2.35. The van der Waals surface area contributed by atoms with Crippen LogP contribution in [-0.4, -0.2) is 32.5 Å². The largest absolute Gasteiger partial charge is 0.496 e. The first-order valence-corrected chi connectivity index (χ1v) is 8.97. The summed E-state index contributed by atoms with van der Waals surface area (Å²) in [4.78, 5) is 12.8. The van der Waals surface area contributed by atoms with Crippen LogP contribution in [0.15, 0.2) is 53.7 Å². The number of hydrogen-bond donors (Lipinski definition) is 1. The molecule has 0 bridgehead atoms. The Kier molecular flexibility index (Phi) is 3.54. The molecule has 1 atom stereocenters. The molecule has 0 aliphatic rings. The van der Waals surface area contributed by atoms with Crippen molar-refractivity contribution < 1.29 is 8.95 Å². The average Bonchev–Trinajstić information content (AvgIpc) is 3.04. The molecule has 4 aromatic rings. The summed E-state index contributed by atoms with van der Waals surface area (Å²) >= 11 is 0. The van der Waals surface area contributed by atoms with E-state index in [1.165, 1.54) is 0 Å². The van der Waals surface area contributed by atoms with Gasteiger partial charge in [0.25, 0.3) is 0 Å². The maximum Gasteiger partial charge on any atom is 0.138 e. The third-order valence-corrected chi connectivity index (χ3v) is 4.98. The van der Waals surface area contributed by atoms with Gasteiger partial charge in [-0.3, -0.25) is 9.19 Å². The Hall–Kier alpha value is -2.73. The van der Waals surface area contributed by atoms with Crippen molar-refractivity contribution in [3.8, 4) is 17.1 Å². The highest BCUT2D eigenvalue weighted by Gasteiger charge is 2.13. The maximum atomic E-state index is 12.1. The van der Waals surface area contributed by atoms with Crippen molar-refractivity contribution in [3.63, 3.8) is 0 Å². The van der Waals surface area contributed by atoms with E-state index >= 15 is 0 Å². The molecule has 0 aliphatic heterocycles. The Bertz CT molecular complexity index is 1060. The van der Waals surface area contributed by atoms with Crippen molar-refractivity contribution in [2.24, 2.45) is 0 Å². The van der Waals surface area contributed by atoms with Crippen molar-refractivity contribution >= 4 is 32.6 Å². The quantitative estimate of drug-likeness (QED) is 0.621. The van der Waals surface area contributed by atoms with Crippen LogP contribution < -0.4 is 4.74 Å². The number of hydrogen-bond acceptors (Lipinski definition) is 4. The molecule has 0 aliphatic carbocycles. The molecule has 6 heteroatoms. The van der Waals surface area contributed by atoms with Crippen molar-refractivity contribution in [2.45, 2.75) is 4.90 Å². The summed E-state index contributed by atoms with van der Waals surface area (Å²) < 4.78 is 17.6. The first kappa shape index (κ1) is 14.8. The molecular formula is C18H15N3O2S. The van der Waals surface area contributed by atoms with E-state index in [-0.39, 0.29) is 0 Å². The van der Waals surface area contributed by atoms with Crippen LogP contribution in [0.25, 0.3) is 33.2 Å². The fraction of sp³-hybridized carbons (Fsp3) is 0.111. The number of nitrogens with zero attached hydrogens (tertiary/aromatic N) is 2. The van der Waals surface area contributed by atoms with Crippen LogP contribution in [-0.2, 0) is 10.8 Å². The molecule has 0 fully saturated rings. The lowest BCUT2D eigenvalue weighted by atomic mass is 10.1. The summed E-state index contributed by atoms with van der Waals surface area (Å²) in [5, 5.41) is 1.85. The summed E-state index contributed by atoms with van der Waals surface area (Å²) in [6, 6.07) is 11.5. The molecule has 0 radical (unpaired) electrons. The minimum Gasteiger partial charge on any atom is -0.496 e. The number of aromatic amines is 1. The highest BCUT2D eigenvalue weighted by Crippen LogP contribution is 2.34.